The molecule has 0 heterocycles. The molecule has 0 aliphatic rings. The molecule has 0 radical (unpaired) electrons. The van der Waals surface area contributed by atoms with Crippen molar-refractivity contribution in [3.05, 3.63) is 63.7 Å². The summed E-state index contributed by atoms with van der Waals surface area (Å²) in [7, 11) is 1.29. The van der Waals surface area contributed by atoms with Crippen molar-refractivity contribution in [3.63, 3.8) is 0 Å². The topological polar surface area (TPSA) is 108 Å². The van der Waals surface area contributed by atoms with E-state index in [2.05, 4.69) is 5.32 Å². The van der Waals surface area contributed by atoms with Crippen molar-refractivity contribution in [2.75, 3.05) is 12.4 Å². The van der Waals surface area contributed by atoms with Crippen LogP contribution in [0.5, 0.6) is 5.75 Å². The molecule has 0 saturated heterocycles. The van der Waals surface area contributed by atoms with Crippen molar-refractivity contribution in [2.24, 2.45) is 0 Å². The van der Waals surface area contributed by atoms with Crippen LogP contribution in [0.1, 0.15) is 29.8 Å². The zero-order valence-electron chi connectivity index (χ0n) is 15.2. The number of hydrogen-bond acceptors (Lipinski definition) is 6. The zero-order chi connectivity index (χ0) is 20.0. The molecule has 0 fully saturated rings. The summed E-state index contributed by atoms with van der Waals surface area (Å²) in [5.74, 6) is -1.32. The SMILES string of the molecule is CCc1ccc(NC(=O)[C@H](C)OC(=O)c2ccc(OC)c([N+](=O)[O-])c2)cc1. The lowest BCUT2D eigenvalue weighted by molar-refractivity contribution is -0.385. The molecule has 0 spiro atoms. The number of aryl methyl sites for hydroxylation is 1. The number of benzene rings is 2. The van der Waals surface area contributed by atoms with Gasteiger partial charge in [-0.2, -0.15) is 0 Å². The summed E-state index contributed by atoms with van der Waals surface area (Å²) >= 11 is 0. The molecule has 2 rings (SSSR count). The van der Waals surface area contributed by atoms with Crippen molar-refractivity contribution < 1.29 is 24.0 Å². The monoisotopic (exact) mass is 372 g/mol. The smallest absolute Gasteiger partial charge is 0.339 e. The van der Waals surface area contributed by atoms with Gasteiger partial charge in [-0.25, -0.2) is 4.79 Å². The maximum absolute atomic E-state index is 12.2. The largest absolute Gasteiger partial charge is 0.490 e. The first-order valence-corrected chi connectivity index (χ1v) is 8.29. The molecule has 8 heteroatoms. The lowest BCUT2D eigenvalue weighted by Crippen LogP contribution is -2.30. The Bertz CT molecular complexity index is 848. The second-order valence-corrected chi connectivity index (χ2v) is 5.73. The molecule has 27 heavy (non-hydrogen) atoms. The number of esters is 1. The Hall–Kier alpha value is -3.42. The lowest BCUT2D eigenvalue weighted by atomic mass is 10.1. The Morgan fingerprint density at radius 2 is 1.85 bits per heavy atom. The minimum atomic E-state index is -1.08. The van der Waals surface area contributed by atoms with E-state index in [1.54, 1.807) is 12.1 Å². The molecule has 0 aromatic heterocycles. The number of hydrogen-bond donors (Lipinski definition) is 1. The van der Waals surface area contributed by atoms with Crippen LogP contribution >= 0.6 is 0 Å². The van der Waals surface area contributed by atoms with Crippen LogP contribution < -0.4 is 10.1 Å². The fourth-order valence-corrected chi connectivity index (χ4v) is 2.31. The fourth-order valence-electron chi connectivity index (χ4n) is 2.31. The molecular formula is C19H20N2O6. The highest BCUT2D eigenvalue weighted by Gasteiger charge is 2.22. The summed E-state index contributed by atoms with van der Waals surface area (Å²) in [6, 6.07) is 11.0. The molecule has 2 aromatic carbocycles. The average Bonchev–Trinajstić information content (AvgIpc) is 2.67. The number of nitro benzene ring substituents is 1. The number of methoxy groups -OCH3 is 1. The van der Waals surface area contributed by atoms with E-state index < -0.39 is 22.9 Å². The van der Waals surface area contributed by atoms with Gasteiger partial charge in [0.05, 0.1) is 17.6 Å². The summed E-state index contributed by atoms with van der Waals surface area (Å²) < 4.78 is 9.99. The van der Waals surface area contributed by atoms with Crippen molar-refractivity contribution in [3.8, 4) is 5.75 Å². The van der Waals surface area contributed by atoms with Crippen LogP contribution in [-0.2, 0) is 16.0 Å². The van der Waals surface area contributed by atoms with Gasteiger partial charge in [-0.05, 0) is 43.2 Å². The highest BCUT2D eigenvalue weighted by Crippen LogP contribution is 2.27. The van der Waals surface area contributed by atoms with E-state index in [1.165, 1.54) is 26.2 Å². The summed E-state index contributed by atoms with van der Waals surface area (Å²) in [6.07, 6.45) is -0.194. The molecule has 0 aliphatic heterocycles. The summed E-state index contributed by atoms with van der Waals surface area (Å²) in [5.41, 5.74) is 1.31. The summed E-state index contributed by atoms with van der Waals surface area (Å²) in [4.78, 5) is 34.8. The molecule has 1 N–H and O–H groups in total. The summed E-state index contributed by atoms with van der Waals surface area (Å²) in [5, 5.41) is 13.7. The molecular weight excluding hydrogens is 352 g/mol. The number of carbonyl (C=O) groups excluding carboxylic acids is 2. The van der Waals surface area contributed by atoms with Crippen LogP contribution in [0.25, 0.3) is 0 Å². The van der Waals surface area contributed by atoms with Gasteiger partial charge >= 0.3 is 11.7 Å². The van der Waals surface area contributed by atoms with Crippen molar-refractivity contribution in [1.82, 2.24) is 0 Å². The Morgan fingerprint density at radius 3 is 2.41 bits per heavy atom. The Kier molecular flexibility index (Phi) is 6.48. The predicted molar refractivity (Wildman–Crippen MR) is 99.0 cm³/mol. The van der Waals surface area contributed by atoms with E-state index in [4.69, 9.17) is 9.47 Å². The normalized spacial score (nSPS) is 11.4. The first kappa shape index (κ1) is 19.9. The summed E-state index contributed by atoms with van der Waals surface area (Å²) in [6.45, 7) is 3.45. The number of rotatable bonds is 7. The molecule has 1 atom stereocenters. The second-order valence-electron chi connectivity index (χ2n) is 5.73. The van der Waals surface area contributed by atoms with E-state index in [1.807, 2.05) is 19.1 Å². The first-order chi connectivity index (χ1) is 12.8. The van der Waals surface area contributed by atoms with Gasteiger partial charge in [0.2, 0.25) is 0 Å². The third-order valence-corrected chi connectivity index (χ3v) is 3.89. The van der Waals surface area contributed by atoms with E-state index in [9.17, 15) is 19.7 Å². The van der Waals surface area contributed by atoms with Gasteiger partial charge in [0, 0.05) is 11.8 Å². The number of anilines is 1. The number of ether oxygens (including phenoxy) is 2. The van der Waals surface area contributed by atoms with Crippen molar-refractivity contribution >= 4 is 23.3 Å². The third kappa shape index (κ3) is 5.04. The highest BCUT2D eigenvalue weighted by molar-refractivity contribution is 5.97. The maximum atomic E-state index is 12.2. The van der Waals surface area contributed by atoms with Crippen LogP contribution in [-0.4, -0.2) is 30.0 Å². The number of amides is 1. The van der Waals surface area contributed by atoms with E-state index in [0.29, 0.717) is 5.69 Å². The number of nitrogens with zero attached hydrogens (tertiary/aromatic N) is 1. The van der Waals surface area contributed by atoms with Gasteiger partial charge < -0.3 is 14.8 Å². The van der Waals surface area contributed by atoms with E-state index in [0.717, 1.165) is 18.1 Å². The van der Waals surface area contributed by atoms with Gasteiger partial charge in [0.25, 0.3) is 5.91 Å². The number of carbonyl (C=O) groups is 2. The van der Waals surface area contributed by atoms with Crippen LogP contribution in [0.2, 0.25) is 0 Å². The number of nitro groups is 1. The molecule has 2 aromatic rings. The van der Waals surface area contributed by atoms with Crippen LogP contribution in [0.3, 0.4) is 0 Å². The van der Waals surface area contributed by atoms with Gasteiger partial charge in [-0.1, -0.05) is 19.1 Å². The Morgan fingerprint density at radius 1 is 1.19 bits per heavy atom. The van der Waals surface area contributed by atoms with E-state index in [-0.39, 0.29) is 17.0 Å². The van der Waals surface area contributed by atoms with Crippen LogP contribution in [0, 0.1) is 10.1 Å². The van der Waals surface area contributed by atoms with Gasteiger partial charge in [0.15, 0.2) is 11.9 Å². The van der Waals surface area contributed by atoms with Crippen molar-refractivity contribution in [2.45, 2.75) is 26.4 Å². The average molecular weight is 372 g/mol. The van der Waals surface area contributed by atoms with Crippen LogP contribution in [0.4, 0.5) is 11.4 Å². The van der Waals surface area contributed by atoms with Gasteiger partial charge in [-0.3, -0.25) is 14.9 Å². The molecule has 0 bridgehead atoms. The maximum Gasteiger partial charge on any atom is 0.339 e. The fraction of sp³-hybridized carbons (Fsp3) is 0.263. The third-order valence-electron chi connectivity index (χ3n) is 3.89. The minimum absolute atomic E-state index is 0.0258. The molecule has 142 valence electrons. The molecule has 0 aliphatic carbocycles. The molecule has 0 unspecified atom stereocenters. The minimum Gasteiger partial charge on any atom is -0.490 e. The van der Waals surface area contributed by atoms with Gasteiger partial charge in [-0.15, -0.1) is 0 Å². The number of nitrogens with one attached hydrogen (secondary N) is 1. The van der Waals surface area contributed by atoms with Gasteiger partial charge in [0.1, 0.15) is 0 Å². The Balaban J connectivity index is 2.04. The first-order valence-electron chi connectivity index (χ1n) is 8.29. The second kappa shape index (κ2) is 8.79. The molecule has 8 nitrogen and oxygen atoms in total. The Labute approximate surface area is 156 Å². The predicted octanol–water partition coefficient (Wildman–Crippen LogP) is 3.35. The lowest BCUT2D eigenvalue weighted by Gasteiger charge is -2.14. The van der Waals surface area contributed by atoms with Crippen LogP contribution in [0.15, 0.2) is 42.5 Å². The zero-order valence-corrected chi connectivity index (χ0v) is 15.2. The highest BCUT2D eigenvalue weighted by atomic mass is 16.6. The molecule has 0 saturated carbocycles. The standard InChI is InChI=1S/C19H20N2O6/c1-4-13-5-8-15(9-6-13)20-18(22)12(2)27-19(23)14-7-10-17(26-3)16(11-14)21(24)25/h5-12H,4H2,1-3H3,(H,20,22)/t12-/m0/s1. The van der Waals surface area contributed by atoms with Crippen molar-refractivity contribution in [1.29, 1.82) is 0 Å². The quantitative estimate of drug-likeness (QED) is 0.454. The van der Waals surface area contributed by atoms with E-state index >= 15 is 0 Å². The molecule has 1 amide bonds.